The van der Waals surface area contributed by atoms with Crippen molar-refractivity contribution in [3.63, 3.8) is 0 Å². The van der Waals surface area contributed by atoms with E-state index in [1.807, 2.05) is 0 Å². The zero-order chi connectivity index (χ0) is 13.7. The van der Waals surface area contributed by atoms with Crippen molar-refractivity contribution in [2.45, 2.75) is 32.6 Å². The molecule has 0 bridgehead atoms. The Morgan fingerprint density at radius 1 is 1.35 bits per heavy atom. The van der Waals surface area contributed by atoms with Crippen LogP contribution in [0, 0.1) is 18.3 Å². The highest BCUT2D eigenvalue weighted by atomic mass is 16.5. The molecule has 1 amide bonds. The van der Waals surface area contributed by atoms with Crippen molar-refractivity contribution in [1.82, 2.24) is 0 Å². The molecule has 1 aromatic rings. The van der Waals surface area contributed by atoms with Gasteiger partial charge in [0.05, 0.1) is 0 Å². The monoisotopic (exact) mass is 271 g/mol. The van der Waals surface area contributed by atoms with Crippen LogP contribution in [0.15, 0.2) is 18.2 Å². The standard InChI is InChI=1S/C17H21NO2/c1-12-3-2-4-13-5-8-18(15(12)13)16(19)14-11-17(14)6-9-20-10-7-17/h2-4,14H,5-11H2,1H3/t14-/m1/s1. The lowest BCUT2D eigenvalue weighted by Crippen LogP contribution is -2.33. The third kappa shape index (κ3) is 1.72. The van der Waals surface area contributed by atoms with E-state index in [9.17, 15) is 4.79 Å². The van der Waals surface area contributed by atoms with Crippen molar-refractivity contribution in [3.05, 3.63) is 29.3 Å². The van der Waals surface area contributed by atoms with E-state index in [2.05, 4.69) is 30.0 Å². The Hall–Kier alpha value is -1.35. The minimum absolute atomic E-state index is 0.247. The Kier molecular flexibility index (Phi) is 2.68. The van der Waals surface area contributed by atoms with Gasteiger partial charge in [0.1, 0.15) is 0 Å². The summed E-state index contributed by atoms with van der Waals surface area (Å²) in [6, 6.07) is 6.37. The average Bonchev–Trinajstić information content (AvgIpc) is 2.97. The summed E-state index contributed by atoms with van der Waals surface area (Å²) in [5.74, 6) is 0.608. The highest BCUT2D eigenvalue weighted by molar-refractivity contribution is 5.99. The summed E-state index contributed by atoms with van der Waals surface area (Å²) < 4.78 is 5.45. The number of fused-ring (bicyclic) bond motifs is 1. The molecule has 0 aromatic heterocycles. The smallest absolute Gasteiger partial charge is 0.230 e. The van der Waals surface area contributed by atoms with Gasteiger partial charge in [-0.15, -0.1) is 0 Å². The molecule has 0 N–H and O–H groups in total. The van der Waals surface area contributed by atoms with Crippen LogP contribution in [0.4, 0.5) is 5.69 Å². The largest absolute Gasteiger partial charge is 0.381 e. The predicted molar refractivity (Wildman–Crippen MR) is 77.8 cm³/mol. The third-order valence-electron chi connectivity index (χ3n) is 5.44. The highest BCUT2D eigenvalue weighted by Gasteiger charge is 2.59. The molecular formula is C17H21NO2. The zero-order valence-corrected chi connectivity index (χ0v) is 12.0. The van der Waals surface area contributed by atoms with E-state index in [4.69, 9.17) is 4.74 Å². The van der Waals surface area contributed by atoms with Crippen LogP contribution in [0.1, 0.15) is 30.4 Å². The van der Waals surface area contributed by atoms with Crippen molar-refractivity contribution in [2.24, 2.45) is 11.3 Å². The second-order valence-electron chi connectivity index (χ2n) is 6.55. The Labute approximate surface area is 119 Å². The van der Waals surface area contributed by atoms with Crippen LogP contribution in [0.5, 0.6) is 0 Å². The van der Waals surface area contributed by atoms with Gasteiger partial charge in [0.25, 0.3) is 0 Å². The van der Waals surface area contributed by atoms with Gasteiger partial charge < -0.3 is 9.64 Å². The predicted octanol–water partition coefficient (Wildman–Crippen LogP) is 2.70. The van der Waals surface area contributed by atoms with Crippen molar-refractivity contribution in [1.29, 1.82) is 0 Å². The van der Waals surface area contributed by atoms with Crippen LogP contribution < -0.4 is 4.90 Å². The summed E-state index contributed by atoms with van der Waals surface area (Å²) in [4.78, 5) is 14.9. The fourth-order valence-corrected chi connectivity index (χ4v) is 4.09. The highest BCUT2D eigenvalue weighted by Crippen LogP contribution is 2.60. The number of ether oxygens (including phenoxy) is 1. The first kappa shape index (κ1) is 12.4. The van der Waals surface area contributed by atoms with Crippen LogP contribution in [0.25, 0.3) is 0 Å². The van der Waals surface area contributed by atoms with Gasteiger partial charge in [-0.25, -0.2) is 0 Å². The normalized spacial score (nSPS) is 26.6. The SMILES string of the molecule is Cc1cccc2c1N(C(=O)[C@H]1CC13CCOCC3)CC2. The second kappa shape index (κ2) is 4.32. The third-order valence-corrected chi connectivity index (χ3v) is 5.44. The number of hydrogen-bond donors (Lipinski definition) is 0. The van der Waals surface area contributed by atoms with Crippen LogP contribution in [-0.4, -0.2) is 25.7 Å². The molecule has 0 radical (unpaired) electrons. The minimum atomic E-state index is 0.247. The summed E-state index contributed by atoms with van der Waals surface area (Å²) in [6.45, 7) is 4.64. The first-order valence-corrected chi connectivity index (χ1v) is 7.69. The summed E-state index contributed by atoms with van der Waals surface area (Å²) in [7, 11) is 0. The fraction of sp³-hybridized carbons (Fsp3) is 0.588. The van der Waals surface area contributed by atoms with Crippen molar-refractivity contribution in [2.75, 3.05) is 24.7 Å². The van der Waals surface area contributed by atoms with E-state index >= 15 is 0 Å². The zero-order valence-electron chi connectivity index (χ0n) is 12.0. The first-order chi connectivity index (χ1) is 9.71. The number of carbonyl (C=O) groups is 1. The van der Waals surface area contributed by atoms with Gasteiger partial charge in [0.2, 0.25) is 5.91 Å². The minimum Gasteiger partial charge on any atom is -0.381 e. The number of nitrogens with zero attached hydrogens (tertiary/aromatic N) is 1. The number of benzene rings is 1. The first-order valence-electron chi connectivity index (χ1n) is 7.69. The van der Waals surface area contributed by atoms with Crippen LogP contribution >= 0.6 is 0 Å². The van der Waals surface area contributed by atoms with Crippen LogP contribution in [-0.2, 0) is 16.0 Å². The van der Waals surface area contributed by atoms with Crippen LogP contribution in [0.2, 0.25) is 0 Å². The molecule has 3 nitrogen and oxygen atoms in total. The number of hydrogen-bond acceptors (Lipinski definition) is 2. The molecule has 1 saturated heterocycles. The molecule has 1 aromatic carbocycles. The maximum atomic E-state index is 12.9. The molecule has 1 saturated carbocycles. The molecule has 4 rings (SSSR count). The Morgan fingerprint density at radius 2 is 2.15 bits per heavy atom. The maximum Gasteiger partial charge on any atom is 0.230 e. The molecule has 2 heterocycles. The lowest BCUT2D eigenvalue weighted by atomic mass is 9.93. The molecule has 1 spiro atoms. The quantitative estimate of drug-likeness (QED) is 0.786. The van der Waals surface area contributed by atoms with Gasteiger partial charge in [-0.05, 0) is 49.1 Å². The lowest BCUT2D eigenvalue weighted by molar-refractivity contribution is -0.121. The van der Waals surface area contributed by atoms with E-state index in [0.29, 0.717) is 5.91 Å². The summed E-state index contributed by atoms with van der Waals surface area (Å²) >= 11 is 0. The van der Waals surface area contributed by atoms with Gasteiger partial charge in [-0.3, -0.25) is 4.79 Å². The molecule has 20 heavy (non-hydrogen) atoms. The number of amides is 1. The molecule has 3 aliphatic rings. The Balaban J connectivity index is 1.57. The average molecular weight is 271 g/mol. The molecular weight excluding hydrogens is 250 g/mol. The van der Waals surface area contributed by atoms with Crippen LogP contribution in [0.3, 0.4) is 0 Å². The summed E-state index contributed by atoms with van der Waals surface area (Å²) in [6.07, 6.45) is 4.22. The summed E-state index contributed by atoms with van der Waals surface area (Å²) in [5.41, 5.74) is 4.03. The van der Waals surface area contributed by atoms with E-state index in [1.165, 1.54) is 16.8 Å². The number of carbonyl (C=O) groups excluding carboxylic acids is 1. The van der Waals surface area contributed by atoms with Gasteiger partial charge in [0.15, 0.2) is 0 Å². The van der Waals surface area contributed by atoms with Gasteiger partial charge in [-0.2, -0.15) is 0 Å². The fourth-order valence-electron chi connectivity index (χ4n) is 4.09. The number of para-hydroxylation sites is 1. The Morgan fingerprint density at radius 3 is 2.95 bits per heavy atom. The Bertz CT molecular complexity index is 560. The van der Waals surface area contributed by atoms with Crippen molar-refractivity contribution >= 4 is 11.6 Å². The van der Waals surface area contributed by atoms with E-state index in [0.717, 1.165) is 45.4 Å². The van der Waals surface area contributed by atoms with E-state index in [-0.39, 0.29) is 11.3 Å². The molecule has 3 heteroatoms. The van der Waals surface area contributed by atoms with Gasteiger partial charge in [-0.1, -0.05) is 18.2 Å². The molecule has 2 fully saturated rings. The maximum absolute atomic E-state index is 12.9. The second-order valence-corrected chi connectivity index (χ2v) is 6.55. The molecule has 106 valence electrons. The van der Waals surface area contributed by atoms with E-state index < -0.39 is 0 Å². The van der Waals surface area contributed by atoms with Gasteiger partial charge in [0, 0.05) is 31.4 Å². The van der Waals surface area contributed by atoms with Crippen molar-refractivity contribution < 1.29 is 9.53 Å². The molecule has 2 aliphatic heterocycles. The lowest BCUT2D eigenvalue weighted by Gasteiger charge is -2.25. The molecule has 1 atom stereocenters. The van der Waals surface area contributed by atoms with Gasteiger partial charge >= 0.3 is 0 Å². The number of anilines is 1. The summed E-state index contributed by atoms with van der Waals surface area (Å²) in [5, 5.41) is 0. The number of rotatable bonds is 1. The van der Waals surface area contributed by atoms with E-state index in [1.54, 1.807) is 0 Å². The molecule has 0 unspecified atom stereocenters. The topological polar surface area (TPSA) is 29.5 Å². The van der Waals surface area contributed by atoms with Crippen molar-refractivity contribution in [3.8, 4) is 0 Å². The number of aryl methyl sites for hydroxylation is 1. The molecule has 1 aliphatic carbocycles.